The Morgan fingerprint density at radius 2 is 1.82 bits per heavy atom. The summed E-state index contributed by atoms with van der Waals surface area (Å²) in [6.45, 7) is 0. The number of sulfonamides is 1. The highest BCUT2D eigenvalue weighted by Crippen LogP contribution is 2.26. The van der Waals surface area contributed by atoms with E-state index in [9.17, 15) is 13.2 Å². The van der Waals surface area contributed by atoms with Crippen molar-refractivity contribution in [1.29, 1.82) is 0 Å². The highest BCUT2D eigenvalue weighted by Gasteiger charge is 2.17. The third kappa shape index (κ3) is 3.46. The van der Waals surface area contributed by atoms with Gasteiger partial charge >= 0.3 is 0 Å². The molecule has 1 amide bonds. The van der Waals surface area contributed by atoms with Crippen molar-refractivity contribution in [2.24, 2.45) is 0 Å². The second-order valence-corrected chi connectivity index (χ2v) is 6.99. The molecule has 0 unspecified atom stereocenters. The van der Waals surface area contributed by atoms with Gasteiger partial charge in [-0.1, -0.05) is 30.3 Å². The molecule has 0 aromatic heterocycles. The van der Waals surface area contributed by atoms with Gasteiger partial charge in [0.05, 0.1) is 5.75 Å². The van der Waals surface area contributed by atoms with Gasteiger partial charge in [0.25, 0.3) is 0 Å². The minimum absolute atomic E-state index is 0.00934. The summed E-state index contributed by atoms with van der Waals surface area (Å²) in [7, 11) is -3.46. The van der Waals surface area contributed by atoms with Crippen LogP contribution in [-0.2, 0) is 27.0 Å². The fourth-order valence-electron chi connectivity index (χ4n) is 2.46. The molecular formula is C16H16N2O3S. The summed E-state index contributed by atoms with van der Waals surface area (Å²) >= 11 is 0. The standard InChI is InChI=1S/C16H16N2O3S/c19-16-9-6-13-10-14(7-8-15(13)17-16)18-22(20,21)11-12-4-2-1-3-5-12/h1-5,7-8,10,18H,6,9,11H2,(H,17,19). The van der Waals surface area contributed by atoms with Gasteiger partial charge < -0.3 is 5.32 Å². The predicted octanol–water partition coefficient (Wildman–Crippen LogP) is 2.51. The smallest absolute Gasteiger partial charge is 0.236 e. The Hall–Kier alpha value is -2.34. The number of carbonyl (C=O) groups is 1. The number of aryl methyl sites for hydroxylation is 1. The van der Waals surface area contributed by atoms with Crippen LogP contribution in [0.1, 0.15) is 17.5 Å². The van der Waals surface area contributed by atoms with Gasteiger partial charge in [-0.3, -0.25) is 9.52 Å². The Balaban J connectivity index is 1.76. The molecule has 0 saturated heterocycles. The molecule has 5 nitrogen and oxygen atoms in total. The number of benzene rings is 2. The van der Waals surface area contributed by atoms with Crippen LogP contribution in [0.15, 0.2) is 48.5 Å². The van der Waals surface area contributed by atoms with Crippen LogP contribution in [0, 0.1) is 0 Å². The molecule has 114 valence electrons. The highest BCUT2D eigenvalue weighted by molar-refractivity contribution is 7.91. The fourth-order valence-corrected chi connectivity index (χ4v) is 3.65. The molecule has 1 aliphatic rings. The van der Waals surface area contributed by atoms with Crippen molar-refractivity contribution >= 4 is 27.3 Å². The van der Waals surface area contributed by atoms with Gasteiger partial charge in [0.15, 0.2) is 0 Å². The lowest BCUT2D eigenvalue weighted by atomic mass is 10.0. The van der Waals surface area contributed by atoms with Crippen LogP contribution in [0.2, 0.25) is 0 Å². The molecule has 0 spiro atoms. The molecule has 2 aromatic carbocycles. The number of rotatable bonds is 4. The van der Waals surface area contributed by atoms with E-state index < -0.39 is 10.0 Å². The van der Waals surface area contributed by atoms with E-state index in [2.05, 4.69) is 10.0 Å². The van der Waals surface area contributed by atoms with Crippen molar-refractivity contribution < 1.29 is 13.2 Å². The third-order valence-corrected chi connectivity index (χ3v) is 4.73. The Morgan fingerprint density at radius 1 is 1.05 bits per heavy atom. The van der Waals surface area contributed by atoms with Crippen molar-refractivity contribution in [2.75, 3.05) is 10.0 Å². The molecule has 3 rings (SSSR count). The van der Waals surface area contributed by atoms with Crippen LogP contribution in [-0.4, -0.2) is 14.3 Å². The van der Waals surface area contributed by atoms with Gasteiger partial charge in [-0.2, -0.15) is 0 Å². The van der Waals surface area contributed by atoms with Crippen LogP contribution in [0.25, 0.3) is 0 Å². The molecule has 0 fully saturated rings. The molecule has 0 saturated carbocycles. The van der Waals surface area contributed by atoms with Crippen LogP contribution in [0.3, 0.4) is 0 Å². The number of nitrogens with one attached hydrogen (secondary N) is 2. The van der Waals surface area contributed by atoms with Crippen LogP contribution in [0.5, 0.6) is 0 Å². The second-order valence-electron chi connectivity index (χ2n) is 5.27. The monoisotopic (exact) mass is 316 g/mol. The summed E-state index contributed by atoms with van der Waals surface area (Å²) in [5.41, 5.74) is 2.95. The number of carbonyl (C=O) groups excluding carboxylic acids is 1. The zero-order chi connectivity index (χ0) is 15.6. The summed E-state index contributed by atoms with van der Waals surface area (Å²) in [5.74, 6) is -0.0771. The van der Waals surface area contributed by atoms with Crippen LogP contribution in [0.4, 0.5) is 11.4 Å². The maximum atomic E-state index is 12.2. The predicted molar refractivity (Wildman–Crippen MR) is 86.1 cm³/mol. The Bertz CT molecular complexity index is 801. The Morgan fingerprint density at radius 3 is 2.59 bits per heavy atom. The van der Waals surface area contributed by atoms with E-state index in [0.29, 0.717) is 18.5 Å². The quantitative estimate of drug-likeness (QED) is 0.910. The molecule has 6 heteroatoms. The lowest BCUT2D eigenvalue weighted by Gasteiger charge is -2.18. The Labute approximate surface area is 129 Å². The van der Waals surface area contributed by atoms with E-state index in [1.54, 1.807) is 30.3 Å². The molecule has 0 radical (unpaired) electrons. The molecule has 1 aliphatic heterocycles. The number of hydrogen-bond acceptors (Lipinski definition) is 3. The molecule has 2 aromatic rings. The van der Waals surface area contributed by atoms with Gasteiger partial charge in [0.2, 0.25) is 15.9 Å². The Kier molecular flexibility index (Phi) is 3.85. The lowest BCUT2D eigenvalue weighted by Crippen LogP contribution is -2.20. The maximum Gasteiger partial charge on any atom is 0.236 e. The normalized spacial score (nSPS) is 14.1. The van der Waals surface area contributed by atoms with Crippen molar-refractivity contribution in [1.82, 2.24) is 0 Å². The van der Waals surface area contributed by atoms with E-state index in [0.717, 1.165) is 16.8 Å². The summed E-state index contributed by atoms with van der Waals surface area (Å²) in [6.07, 6.45) is 1.04. The van der Waals surface area contributed by atoms with E-state index in [4.69, 9.17) is 0 Å². The van der Waals surface area contributed by atoms with Crippen molar-refractivity contribution in [3.05, 3.63) is 59.7 Å². The molecule has 22 heavy (non-hydrogen) atoms. The third-order valence-electron chi connectivity index (χ3n) is 3.47. The largest absolute Gasteiger partial charge is 0.326 e. The highest BCUT2D eigenvalue weighted by atomic mass is 32.2. The topological polar surface area (TPSA) is 75.3 Å². The summed E-state index contributed by atoms with van der Waals surface area (Å²) in [4.78, 5) is 11.3. The van der Waals surface area contributed by atoms with Gasteiger partial charge in [-0.25, -0.2) is 8.42 Å². The molecule has 0 bridgehead atoms. The second kappa shape index (κ2) is 5.81. The molecule has 0 atom stereocenters. The minimum atomic E-state index is -3.46. The lowest BCUT2D eigenvalue weighted by molar-refractivity contribution is -0.116. The molecule has 1 heterocycles. The van der Waals surface area contributed by atoms with Gasteiger partial charge in [0.1, 0.15) is 0 Å². The van der Waals surface area contributed by atoms with Crippen molar-refractivity contribution in [2.45, 2.75) is 18.6 Å². The summed E-state index contributed by atoms with van der Waals surface area (Å²) < 4.78 is 27.0. The van der Waals surface area contributed by atoms with E-state index in [1.165, 1.54) is 0 Å². The van der Waals surface area contributed by atoms with Crippen LogP contribution >= 0.6 is 0 Å². The molecular weight excluding hydrogens is 300 g/mol. The average Bonchev–Trinajstić information content (AvgIpc) is 2.47. The van der Waals surface area contributed by atoms with Crippen molar-refractivity contribution in [3.63, 3.8) is 0 Å². The molecule has 0 aliphatic carbocycles. The van der Waals surface area contributed by atoms with Crippen molar-refractivity contribution in [3.8, 4) is 0 Å². The molecule has 2 N–H and O–H groups in total. The first-order valence-corrected chi connectivity index (χ1v) is 8.64. The SMILES string of the molecule is O=C1CCc2cc(NS(=O)(=O)Cc3ccccc3)ccc2N1. The van der Waals surface area contributed by atoms with Gasteiger partial charge in [0, 0.05) is 17.8 Å². The first-order valence-electron chi connectivity index (χ1n) is 6.99. The summed E-state index contributed by atoms with van der Waals surface area (Å²) in [5, 5.41) is 2.77. The maximum absolute atomic E-state index is 12.2. The van der Waals surface area contributed by atoms with E-state index >= 15 is 0 Å². The van der Waals surface area contributed by atoms with E-state index in [-0.39, 0.29) is 11.7 Å². The first kappa shape index (κ1) is 14.6. The van der Waals surface area contributed by atoms with E-state index in [1.807, 2.05) is 18.2 Å². The zero-order valence-corrected chi connectivity index (χ0v) is 12.7. The number of hydrogen-bond donors (Lipinski definition) is 2. The first-order chi connectivity index (χ1) is 10.5. The van der Waals surface area contributed by atoms with Gasteiger partial charge in [-0.05, 0) is 35.7 Å². The number of anilines is 2. The van der Waals surface area contributed by atoms with Crippen LogP contribution < -0.4 is 10.0 Å². The number of fused-ring (bicyclic) bond motifs is 1. The average molecular weight is 316 g/mol. The minimum Gasteiger partial charge on any atom is -0.326 e. The summed E-state index contributed by atoms with van der Waals surface area (Å²) in [6, 6.07) is 14.2. The fraction of sp³-hybridized carbons (Fsp3) is 0.188. The zero-order valence-electron chi connectivity index (χ0n) is 11.9. The van der Waals surface area contributed by atoms with Gasteiger partial charge in [-0.15, -0.1) is 0 Å². The number of amides is 1.